The monoisotopic (exact) mass is 972 g/mol. The minimum Gasteiger partial charge on any atom is -0.481 e. The molecule has 8 rings (SSSR count). The number of hydrogen-bond acceptors (Lipinski definition) is 19. The lowest BCUT2D eigenvalue weighted by Crippen LogP contribution is -2.68. The maximum atomic E-state index is 15.0. The second-order valence-corrected chi connectivity index (χ2v) is 22.7. The fourth-order valence-electron chi connectivity index (χ4n) is 15.7. The summed E-state index contributed by atoms with van der Waals surface area (Å²) in [6, 6.07) is 0. The molecule has 20 nitrogen and oxygen atoms in total. The van der Waals surface area contributed by atoms with Crippen molar-refractivity contribution < 1.29 is 99.3 Å². The van der Waals surface area contributed by atoms with Crippen LogP contribution in [0.5, 0.6) is 0 Å². The highest BCUT2D eigenvalue weighted by atomic mass is 16.8. The van der Waals surface area contributed by atoms with Gasteiger partial charge in [0.15, 0.2) is 12.6 Å². The molecule has 8 aliphatic rings. The number of aliphatic carboxylic acids is 1. The van der Waals surface area contributed by atoms with Crippen LogP contribution in [-0.4, -0.2) is 191 Å². The molecule has 0 aromatic carbocycles. The first-order chi connectivity index (χ1) is 31.9. The Morgan fingerprint density at radius 3 is 1.96 bits per heavy atom. The van der Waals surface area contributed by atoms with E-state index < -0.39 is 134 Å². The number of hydrogen-bond donors (Lipinski definition) is 12. The van der Waals surface area contributed by atoms with E-state index in [-0.39, 0.29) is 52.4 Å². The van der Waals surface area contributed by atoms with E-state index in [1.807, 2.05) is 0 Å². The summed E-state index contributed by atoms with van der Waals surface area (Å²) < 4.78 is 34.6. The van der Waals surface area contributed by atoms with Crippen molar-refractivity contribution in [2.24, 2.45) is 56.7 Å². The average molecular weight is 973 g/mol. The molecule has 0 aromatic heterocycles. The standard InChI is InChI=1S/C48H76O20/c1-20(17-49)22-9-14-48(16-15-45(4)23(29(22)48)7-8-26-44(3)12-11-28(51)47(6,42(60)61)27(44)10-13-46(26,45)5)43(62)68-41-36(58)33(55)31(53)25(66-41)19-63-39-37(59)34(56)38(24(18-50)65-39)67-40-35(57)32(54)30(52)21(2)64-40/h21-41,49-59H,1,7-19H2,2-6H3,(H,60,61)/t21-,22-,23+,24-,25-,26+,27+,28+,29+,30-,31-,32+,33+,34-,35+,36-,37-,38-,39-,40+,41+,44+,45+,46+,47-,48-/m0/s1. The van der Waals surface area contributed by atoms with Crippen LogP contribution in [0.4, 0.5) is 0 Å². The molecule has 3 heterocycles. The number of ether oxygens (including phenoxy) is 6. The maximum absolute atomic E-state index is 15.0. The van der Waals surface area contributed by atoms with E-state index in [1.54, 1.807) is 6.92 Å². The van der Waals surface area contributed by atoms with Crippen molar-refractivity contribution in [2.75, 3.05) is 19.8 Å². The van der Waals surface area contributed by atoms with Crippen LogP contribution in [0, 0.1) is 56.7 Å². The number of carboxylic acid groups (broad SMARTS) is 1. The van der Waals surface area contributed by atoms with Gasteiger partial charge in [0.2, 0.25) is 6.29 Å². The minimum atomic E-state index is -1.90. The second kappa shape index (κ2) is 18.8. The number of aliphatic hydroxyl groups excluding tert-OH is 11. The summed E-state index contributed by atoms with van der Waals surface area (Å²) >= 11 is 0. The Hall–Kier alpha value is -1.96. The van der Waals surface area contributed by atoms with Gasteiger partial charge in [0.1, 0.15) is 67.1 Å². The van der Waals surface area contributed by atoms with Gasteiger partial charge in [-0.25, -0.2) is 0 Å². The van der Waals surface area contributed by atoms with Gasteiger partial charge in [0.05, 0.1) is 42.9 Å². The molecule has 12 N–H and O–H groups in total. The number of carbonyl (C=O) groups is 2. The Balaban J connectivity index is 0.978. The molecule has 8 fully saturated rings. The van der Waals surface area contributed by atoms with Gasteiger partial charge >= 0.3 is 11.9 Å². The maximum Gasteiger partial charge on any atom is 0.314 e. The number of rotatable bonds is 11. The number of fused-ring (bicyclic) bond motifs is 7. The highest BCUT2D eigenvalue weighted by Gasteiger charge is 2.73. The Bertz CT molecular complexity index is 1870. The van der Waals surface area contributed by atoms with Crippen LogP contribution < -0.4 is 0 Å². The summed E-state index contributed by atoms with van der Waals surface area (Å²) in [6.45, 7) is 12.5. The molecule has 20 heteroatoms. The number of carbonyl (C=O) groups excluding carboxylic acids is 1. The fraction of sp³-hybridized carbons (Fsp3) is 0.917. The van der Waals surface area contributed by atoms with Crippen molar-refractivity contribution in [3.05, 3.63) is 12.2 Å². The van der Waals surface area contributed by atoms with Crippen molar-refractivity contribution in [2.45, 2.75) is 197 Å². The van der Waals surface area contributed by atoms with Crippen LogP contribution in [0.2, 0.25) is 0 Å². The van der Waals surface area contributed by atoms with E-state index in [9.17, 15) is 70.9 Å². The largest absolute Gasteiger partial charge is 0.481 e. The lowest BCUT2D eigenvalue weighted by atomic mass is 9.32. The van der Waals surface area contributed by atoms with Crippen molar-refractivity contribution in [3.63, 3.8) is 0 Å². The third-order valence-electron chi connectivity index (χ3n) is 19.9. The molecule has 26 atom stereocenters. The van der Waals surface area contributed by atoms with Crippen LogP contribution in [0.25, 0.3) is 0 Å². The van der Waals surface area contributed by atoms with Crippen LogP contribution in [0.3, 0.4) is 0 Å². The number of carboxylic acids is 1. The lowest BCUT2D eigenvalue weighted by Gasteiger charge is -2.72. The van der Waals surface area contributed by atoms with E-state index in [4.69, 9.17) is 28.4 Å². The molecule has 0 amide bonds. The van der Waals surface area contributed by atoms with Gasteiger partial charge in [-0.3, -0.25) is 9.59 Å². The van der Waals surface area contributed by atoms with Gasteiger partial charge in [0, 0.05) is 0 Å². The fourth-order valence-corrected chi connectivity index (χ4v) is 15.7. The third-order valence-corrected chi connectivity index (χ3v) is 19.9. The van der Waals surface area contributed by atoms with Gasteiger partial charge in [0.25, 0.3) is 0 Å². The molecule has 5 saturated carbocycles. The van der Waals surface area contributed by atoms with Crippen molar-refractivity contribution in [3.8, 4) is 0 Å². The van der Waals surface area contributed by atoms with Crippen LogP contribution in [0.15, 0.2) is 12.2 Å². The Morgan fingerprint density at radius 2 is 1.29 bits per heavy atom. The van der Waals surface area contributed by atoms with Gasteiger partial charge in [-0.1, -0.05) is 27.4 Å². The summed E-state index contributed by atoms with van der Waals surface area (Å²) in [7, 11) is 0. The Kier molecular flexibility index (Phi) is 14.5. The summed E-state index contributed by atoms with van der Waals surface area (Å²) in [5.41, 5.74) is -2.73. The molecule has 0 spiro atoms. The molecule has 0 aromatic rings. The van der Waals surface area contributed by atoms with E-state index in [2.05, 4.69) is 27.4 Å². The van der Waals surface area contributed by atoms with Crippen molar-refractivity contribution in [1.29, 1.82) is 0 Å². The molecule has 3 aliphatic heterocycles. The van der Waals surface area contributed by atoms with E-state index in [0.717, 1.165) is 19.3 Å². The number of aliphatic hydroxyl groups is 11. The van der Waals surface area contributed by atoms with Crippen molar-refractivity contribution in [1.82, 2.24) is 0 Å². The normalized spacial score (nSPS) is 54.7. The Labute approximate surface area is 396 Å². The lowest BCUT2D eigenvalue weighted by molar-refractivity contribution is -0.361. The van der Waals surface area contributed by atoms with Crippen LogP contribution in [-0.2, 0) is 38.0 Å². The highest BCUT2D eigenvalue weighted by molar-refractivity contribution is 5.79. The first-order valence-corrected chi connectivity index (χ1v) is 24.6. The van der Waals surface area contributed by atoms with Gasteiger partial charge in [-0.05, 0) is 129 Å². The van der Waals surface area contributed by atoms with Crippen LogP contribution >= 0.6 is 0 Å². The quantitative estimate of drug-likeness (QED) is 0.0878. The molecule has 0 bridgehead atoms. The zero-order valence-electron chi connectivity index (χ0n) is 39.7. The number of esters is 1. The topological polar surface area (TPSA) is 332 Å². The first-order valence-electron chi connectivity index (χ1n) is 24.6. The van der Waals surface area contributed by atoms with E-state index in [0.29, 0.717) is 50.5 Å². The SMILES string of the molecule is C=C(CO)[C@@H]1CC[C@]2(C(=O)O[C@H]3O[C@@H](CO[C@H]4O[C@@H](CO)[C@H](O[C@H]5O[C@@H](C)[C@H](O)[C@@H](O)[C@H]5O)[C@@H](O)[C@@H]4O)[C@H](O)[C@@H](O)[C@@H]3O)CC[C@]3(C)[C@H](CC[C@@H]4[C@@]5(C)CC[C@@H](O)[C@@](C)(C(=O)O)[C@@H]5CC[C@]43C)[C@@H]12. The summed E-state index contributed by atoms with van der Waals surface area (Å²) in [5.74, 6) is -2.34. The molecular formula is C48H76O20. The van der Waals surface area contributed by atoms with E-state index >= 15 is 0 Å². The van der Waals surface area contributed by atoms with Gasteiger partial charge in [-0.15, -0.1) is 0 Å². The zero-order valence-corrected chi connectivity index (χ0v) is 39.7. The third kappa shape index (κ3) is 7.85. The Morgan fingerprint density at radius 1 is 0.647 bits per heavy atom. The van der Waals surface area contributed by atoms with Crippen molar-refractivity contribution >= 4 is 11.9 Å². The second-order valence-electron chi connectivity index (χ2n) is 22.7. The summed E-state index contributed by atoms with van der Waals surface area (Å²) in [5, 5.41) is 129. The average Bonchev–Trinajstić information content (AvgIpc) is 3.71. The zero-order chi connectivity index (χ0) is 49.8. The molecule has 5 aliphatic carbocycles. The van der Waals surface area contributed by atoms with Gasteiger partial charge in [-0.2, -0.15) is 0 Å². The first kappa shape index (κ1) is 52.4. The van der Waals surface area contributed by atoms with Gasteiger partial charge < -0.3 is 89.7 Å². The predicted molar refractivity (Wildman–Crippen MR) is 232 cm³/mol. The highest BCUT2D eigenvalue weighted by Crippen LogP contribution is 2.77. The summed E-state index contributed by atoms with van der Waals surface area (Å²) in [4.78, 5) is 27.9. The predicted octanol–water partition coefficient (Wildman–Crippen LogP) is -0.939. The molecule has 68 heavy (non-hydrogen) atoms. The summed E-state index contributed by atoms with van der Waals surface area (Å²) in [6.07, 6.45) is -19.7. The minimum absolute atomic E-state index is 0.0416. The molecule has 388 valence electrons. The molecular weight excluding hydrogens is 897 g/mol. The van der Waals surface area contributed by atoms with Crippen LogP contribution in [0.1, 0.15) is 98.8 Å². The smallest absolute Gasteiger partial charge is 0.314 e. The van der Waals surface area contributed by atoms with E-state index in [1.165, 1.54) is 6.92 Å². The molecule has 0 unspecified atom stereocenters. The molecule has 3 saturated heterocycles. The molecule has 0 radical (unpaired) electrons.